The molecule has 21 heavy (non-hydrogen) atoms. The molecule has 2 atom stereocenters. The van der Waals surface area contributed by atoms with Crippen molar-refractivity contribution in [3.05, 3.63) is 16.1 Å². The zero-order valence-corrected chi connectivity index (χ0v) is 14.1. The van der Waals surface area contributed by atoms with E-state index < -0.39 is 6.10 Å². The van der Waals surface area contributed by atoms with Crippen molar-refractivity contribution in [2.24, 2.45) is 0 Å². The molecule has 6 heteroatoms. The molecule has 2 unspecified atom stereocenters. The van der Waals surface area contributed by atoms with Crippen molar-refractivity contribution in [1.82, 2.24) is 10.3 Å². The van der Waals surface area contributed by atoms with Crippen LogP contribution in [0.5, 0.6) is 0 Å². The Labute approximate surface area is 131 Å². The zero-order valence-electron chi connectivity index (χ0n) is 13.3. The highest BCUT2D eigenvalue weighted by atomic mass is 32.1. The number of hydrogen-bond donors (Lipinski definition) is 2. The summed E-state index contributed by atoms with van der Waals surface area (Å²) in [4.78, 5) is 5.53. The van der Waals surface area contributed by atoms with Gasteiger partial charge in [0.15, 0.2) is 0 Å². The van der Waals surface area contributed by atoms with Crippen LogP contribution in [0.15, 0.2) is 6.20 Å². The first-order valence-electron chi connectivity index (χ1n) is 7.62. The largest absolute Gasteiger partial charge is 0.389 e. The Morgan fingerprint density at radius 3 is 2.76 bits per heavy atom. The molecule has 0 aliphatic heterocycles. The van der Waals surface area contributed by atoms with Crippen LogP contribution < -0.4 is 5.32 Å². The molecule has 1 aromatic rings. The molecular weight excluding hydrogens is 288 g/mol. The van der Waals surface area contributed by atoms with Gasteiger partial charge < -0.3 is 19.9 Å². The Bertz CT molecular complexity index is 374. The summed E-state index contributed by atoms with van der Waals surface area (Å²) in [5.41, 5.74) is 0. The molecule has 2 N–H and O–H groups in total. The van der Waals surface area contributed by atoms with E-state index in [2.05, 4.69) is 17.2 Å². The second-order valence-corrected chi connectivity index (χ2v) is 6.40. The van der Waals surface area contributed by atoms with Crippen LogP contribution in [-0.4, -0.2) is 49.2 Å². The standard InChI is InChI=1S/C15H28N2O3S/c1-4-5-6-19-7-8-20-11-14(18)10-16-13(3)15-17-9-12(2)21-15/h9,13-14,16,18H,4-8,10-11H2,1-3H3. The number of aromatic nitrogens is 1. The lowest BCUT2D eigenvalue weighted by Gasteiger charge is -2.15. The molecule has 1 aromatic heterocycles. The minimum absolute atomic E-state index is 0.149. The summed E-state index contributed by atoms with van der Waals surface area (Å²) in [6, 6.07) is 0.149. The maximum Gasteiger partial charge on any atom is 0.109 e. The van der Waals surface area contributed by atoms with Gasteiger partial charge in [0, 0.05) is 24.2 Å². The molecule has 0 radical (unpaired) electrons. The molecule has 1 heterocycles. The Morgan fingerprint density at radius 1 is 1.33 bits per heavy atom. The maximum absolute atomic E-state index is 9.85. The zero-order chi connectivity index (χ0) is 15.5. The van der Waals surface area contributed by atoms with E-state index >= 15 is 0 Å². The number of hydrogen-bond acceptors (Lipinski definition) is 6. The molecule has 0 bridgehead atoms. The Hall–Kier alpha value is -0.530. The van der Waals surface area contributed by atoms with Crippen LogP contribution in [0.3, 0.4) is 0 Å². The van der Waals surface area contributed by atoms with E-state index in [1.807, 2.05) is 20.0 Å². The second-order valence-electron chi connectivity index (χ2n) is 5.13. The van der Waals surface area contributed by atoms with E-state index in [0.29, 0.717) is 26.4 Å². The number of nitrogens with zero attached hydrogens (tertiary/aromatic N) is 1. The quantitative estimate of drug-likeness (QED) is 0.579. The molecule has 122 valence electrons. The van der Waals surface area contributed by atoms with Gasteiger partial charge in [0.25, 0.3) is 0 Å². The van der Waals surface area contributed by atoms with Gasteiger partial charge in [-0.3, -0.25) is 0 Å². The third-order valence-corrected chi connectivity index (χ3v) is 4.09. The van der Waals surface area contributed by atoms with E-state index in [0.717, 1.165) is 24.5 Å². The molecule has 0 fully saturated rings. The summed E-state index contributed by atoms with van der Waals surface area (Å²) in [7, 11) is 0. The fourth-order valence-corrected chi connectivity index (χ4v) is 2.52. The third-order valence-electron chi connectivity index (χ3n) is 2.99. The monoisotopic (exact) mass is 316 g/mol. The summed E-state index contributed by atoms with van der Waals surface area (Å²) in [5.74, 6) is 0. The minimum Gasteiger partial charge on any atom is -0.389 e. The van der Waals surface area contributed by atoms with Gasteiger partial charge in [-0.05, 0) is 20.3 Å². The van der Waals surface area contributed by atoms with E-state index in [9.17, 15) is 5.11 Å². The lowest BCUT2D eigenvalue weighted by molar-refractivity contribution is 0.00331. The summed E-state index contributed by atoms with van der Waals surface area (Å²) >= 11 is 1.68. The van der Waals surface area contributed by atoms with Crippen LogP contribution in [-0.2, 0) is 9.47 Å². The fourth-order valence-electron chi connectivity index (χ4n) is 1.72. The van der Waals surface area contributed by atoms with E-state index in [1.54, 1.807) is 11.3 Å². The van der Waals surface area contributed by atoms with Gasteiger partial charge in [-0.25, -0.2) is 4.98 Å². The third kappa shape index (κ3) is 8.48. The van der Waals surface area contributed by atoms with E-state index in [1.165, 1.54) is 4.88 Å². The first kappa shape index (κ1) is 18.5. The van der Waals surface area contributed by atoms with E-state index in [-0.39, 0.29) is 6.04 Å². The van der Waals surface area contributed by atoms with Crippen molar-refractivity contribution in [3.8, 4) is 0 Å². The fraction of sp³-hybridized carbons (Fsp3) is 0.800. The summed E-state index contributed by atoms with van der Waals surface area (Å²) < 4.78 is 10.8. The number of ether oxygens (including phenoxy) is 2. The number of aliphatic hydroxyl groups excluding tert-OH is 1. The van der Waals surface area contributed by atoms with E-state index in [4.69, 9.17) is 9.47 Å². The first-order chi connectivity index (χ1) is 10.1. The average molecular weight is 316 g/mol. The summed E-state index contributed by atoms with van der Waals surface area (Å²) in [5, 5.41) is 14.2. The van der Waals surface area contributed by atoms with Crippen molar-refractivity contribution in [3.63, 3.8) is 0 Å². The molecular formula is C15H28N2O3S. The highest BCUT2D eigenvalue weighted by Gasteiger charge is 2.11. The van der Waals surface area contributed by atoms with Crippen molar-refractivity contribution in [1.29, 1.82) is 0 Å². The molecule has 5 nitrogen and oxygen atoms in total. The highest BCUT2D eigenvalue weighted by molar-refractivity contribution is 7.11. The molecule has 0 aromatic carbocycles. The van der Waals surface area contributed by atoms with Gasteiger partial charge in [-0.15, -0.1) is 11.3 Å². The summed E-state index contributed by atoms with van der Waals surface area (Å²) in [6.45, 7) is 8.96. The normalized spacial score (nSPS) is 14.3. The molecule has 0 saturated carbocycles. The molecule has 0 amide bonds. The van der Waals surface area contributed by atoms with Gasteiger partial charge in [-0.1, -0.05) is 13.3 Å². The highest BCUT2D eigenvalue weighted by Crippen LogP contribution is 2.18. The number of nitrogens with one attached hydrogen (secondary N) is 1. The number of aryl methyl sites for hydroxylation is 1. The number of rotatable bonds is 12. The molecule has 0 aliphatic rings. The lowest BCUT2D eigenvalue weighted by Crippen LogP contribution is -2.32. The van der Waals surface area contributed by atoms with Gasteiger partial charge in [0.05, 0.1) is 32.0 Å². The molecule has 1 rings (SSSR count). The molecule has 0 aliphatic carbocycles. The van der Waals surface area contributed by atoms with Crippen LogP contribution in [0, 0.1) is 6.92 Å². The van der Waals surface area contributed by atoms with Crippen LogP contribution in [0.4, 0.5) is 0 Å². The smallest absolute Gasteiger partial charge is 0.109 e. The van der Waals surface area contributed by atoms with Gasteiger partial charge in [0.2, 0.25) is 0 Å². The SMILES string of the molecule is CCCCOCCOCC(O)CNC(C)c1ncc(C)s1. The van der Waals surface area contributed by atoms with Crippen LogP contribution in [0.2, 0.25) is 0 Å². The van der Waals surface area contributed by atoms with Gasteiger partial charge in [-0.2, -0.15) is 0 Å². The van der Waals surface area contributed by atoms with Crippen LogP contribution in [0.25, 0.3) is 0 Å². The first-order valence-corrected chi connectivity index (χ1v) is 8.44. The van der Waals surface area contributed by atoms with Gasteiger partial charge >= 0.3 is 0 Å². The van der Waals surface area contributed by atoms with Crippen molar-refractivity contribution in [2.45, 2.75) is 45.8 Å². The number of unbranched alkanes of at least 4 members (excludes halogenated alkanes) is 1. The minimum atomic E-state index is -0.510. The Balaban J connectivity index is 2.02. The van der Waals surface area contributed by atoms with Crippen molar-refractivity contribution in [2.75, 3.05) is 33.0 Å². The molecule has 0 spiro atoms. The average Bonchev–Trinajstić information content (AvgIpc) is 2.90. The maximum atomic E-state index is 9.85. The second kappa shape index (κ2) is 11.1. The van der Waals surface area contributed by atoms with Crippen molar-refractivity contribution >= 4 is 11.3 Å². The Kier molecular flexibility index (Phi) is 9.78. The predicted octanol–water partition coefficient (Wildman–Crippen LogP) is 2.30. The van der Waals surface area contributed by atoms with Gasteiger partial charge in [0.1, 0.15) is 5.01 Å². The lowest BCUT2D eigenvalue weighted by atomic mass is 10.3. The topological polar surface area (TPSA) is 63.6 Å². The van der Waals surface area contributed by atoms with Crippen LogP contribution >= 0.6 is 11.3 Å². The predicted molar refractivity (Wildman–Crippen MR) is 85.8 cm³/mol. The summed E-state index contributed by atoms with van der Waals surface area (Å²) in [6.07, 6.45) is 3.59. The Morgan fingerprint density at radius 2 is 2.10 bits per heavy atom. The number of thiazole rings is 1. The number of aliphatic hydroxyl groups is 1. The molecule has 0 saturated heterocycles. The van der Waals surface area contributed by atoms with Crippen molar-refractivity contribution < 1.29 is 14.6 Å². The van der Waals surface area contributed by atoms with Crippen LogP contribution in [0.1, 0.15) is 42.6 Å².